The number of carbonyl (C=O) groups is 2. The first kappa shape index (κ1) is 23.8. The van der Waals surface area contributed by atoms with Crippen molar-refractivity contribution in [2.75, 3.05) is 17.7 Å². The molecule has 1 aliphatic rings. The number of carbonyl (C=O) groups excluding carboxylic acids is 2. The van der Waals surface area contributed by atoms with Gasteiger partial charge >= 0.3 is 0 Å². The zero-order valence-electron chi connectivity index (χ0n) is 20.3. The van der Waals surface area contributed by atoms with Crippen molar-refractivity contribution in [2.24, 2.45) is 4.99 Å². The molecular formula is C28H25N5O4. The van der Waals surface area contributed by atoms with E-state index in [1.165, 1.54) is 13.2 Å². The smallest absolute Gasteiger partial charge is 0.276 e. The maximum atomic E-state index is 12.6. The van der Waals surface area contributed by atoms with E-state index in [2.05, 4.69) is 25.8 Å². The summed E-state index contributed by atoms with van der Waals surface area (Å²) < 4.78 is 5.06. The van der Waals surface area contributed by atoms with Crippen LogP contribution in [0, 0.1) is 6.92 Å². The third kappa shape index (κ3) is 5.20. The molecule has 0 radical (unpaired) electrons. The average Bonchev–Trinajstić information content (AvgIpc) is 3.46. The summed E-state index contributed by atoms with van der Waals surface area (Å²) in [6, 6.07) is 20.0. The number of hydrogen-bond donors (Lipinski definition) is 4. The van der Waals surface area contributed by atoms with Gasteiger partial charge in [-0.1, -0.05) is 24.3 Å². The quantitative estimate of drug-likeness (QED) is 0.276. The monoisotopic (exact) mass is 495 g/mol. The molecular weight excluding hydrogens is 470 g/mol. The third-order valence-corrected chi connectivity index (χ3v) is 6.09. The van der Waals surface area contributed by atoms with Crippen molar-refractivity contribution in [3.05, 3.63) is 94.8 Å². The van der Waals surface area contributed by atoms with Crippen molar-refractivity contribution in [2.45, 2.75) is 19.3 Å². The number of methoxy groups -OCH3 is 1. The lowest BCUT2D eigenvalue weighted by Gasteiger charge is -2.08. The van der Waals surface area contributed by atoms with E-state index in [4.69, 9.17) is 4.74 Å². The van der Waals surface area contributed by atoms with Crippen LogP contribution in [-0.4, -0.2) is 40.4 Å². The summed E-state index contributed by atoms with van der Waals surface area (Å²) in [5.41, 5.74) is 6.07. The molecule has 3 aromatic carbocycles. The van der Waals surface area contributed by atoms with E-state index >= 15 is 0 Å². The Morgan fingerprint density at radius 2 is 1.89 bits per heavy atom. The molecule has 0 aliphatic carbocycles. The van der Waals surface area contributed by atoms with Gasteiger partial charge in [0.05, 0.1) is 12.8 Å². The second-order valence-electron chi connectivity index (χ2n) is 8.79. The number of nitrogens with zero attached hydrogens (tertiary/aromatic N) is 2. The SMILES string of the molecule is COc1ccc(N=CC2C(=O)Nc3ccc(Cc4ccc(NC(=O)c5cc(C)[nH]n5)cc4)cc32)cc1O. The molecule has 1 atom stereocenters. The maximum Gasteiger partial charge on any atom is 0.276 e. The number of aliphatic imine (C=N–C) groups is 1. The normalized spacial score (nSPS) is 14.4. The van der Waals surface area contributed by atoms with Crippen LogP contribution in [0.25, 0.3) is 0 Å². The van der Waals surface area contributed by atoms with E-state index in [-0.39, 0.29) is 17.6 Å². The predicted molar refractivity (Wildman–Crippen MR) is 141 cm³/mol. The Morgan fingerprint density at radius 3 is 2.59 bits per heavy atom. The number of phenolic OH excluding ortho intramolecular Hbond substituents is 1. The lowest BCUT2D eigenvalue weighted by atomic mass is 9.96. The van der Waals surface area contributed by atoms with Crippen LogP contribution >= 0.6 is 0 Å². The number of aromatic hydroxyl groups is 1. The minimum absolute atomic E-state index is 0.0162. The molecule has 5 rings (SSSR count). The van der Waals surface area contributed by atoms with Crippen LogP contribution in [0.3, 0.4) is 0 Å². The van der Waals surface area contributed by atoms with E-state index in [1.54, 1.807) is 24.4 Å². The van der Waals surface area contributed by atoms with Crippen molar-refractivity contribution in [3.8, 4) is 11.5 Å². The van der Waals surface area contributed by atoms with Crippen LogP contribution in [0.2, 0.25) is 0 Å². The Labute approximate surface area is 213 Å². The van der Waals surface area contributed by atoms with Crippen LogP contribution in [-0.2, 0) is 11.2 Å². The fraction of sp³-hybridized carbons (Fsp3) is 0.143. The van der Waals surface area contributed by atoms with Crippen LogP contribution < -0.4 is 15.4 Å². The highest BCUT2D eigenvalue weighted by atomic mass is 16.5. The molecule has 186 valence electrons. The number of fused-ring (bicyclic) bond motifs is 1. The minimum Gasteiger partial charge on any atom is -0.504 e. The molecule has 0 bridgehead atoms. The van der Waals surface area contributed by atoms with E-state index in [9.17, 15) is 14.7 Å². The molecule has 1 aliphatic heterocycles. The summed E-state index contributed by atoms with van der Waals surface area (Å²) in [6.07, 6.45) is 2.25. The van der Waals surface area contributed by atoms with Crippen molar-refractivity contribution in [1.82, 2.24) is 10.2 Å². The van der Waals surface area contributed by atoms with Crippen LogP contribution in [0.1, 0.15) is 38.8 Å². The number of hydrogen-bond acceptors (Lipinski definition) is 6. The number of aromatic nitrogens is 2. The number of H-pyrrole nitrogens is 1. The summed E-state index contributed by atoms with van der Waals surface area (Å²) in [7, 11) is 1.48. The van der Waals surface area contributed by atoms with Gasteiger partial charge in [0, 0.05) is 29.3 Å². The Balaban J connectivity index is 1.28. The van der Waals surface area contributed by atoms with Gasteiger partial charge in [0.25, 0.3) is 5.91 Å². The van der Waals surface area contributed by atoms with Gasteiger partial charge in [-0.3, -0.25) is 19.7 Å². The number of anilines is 2. The number of benzene rings is 3. The lowest BCUT2D eigenvalue weighted by Crippen LogP contribution is -2.12. The van der Waals surface area contributed by atoms with Crippen molar-refractivity contribution in [1.29, 1.82) is 0 Å². The van der Waals surface area contributed by atoms with Crippen molar-refractivity contribution >= 4 is 35.1 Å². The molecule has 0 saturated heterocycles. The number of phenols is 1. The van der Waals surface area contributed by atoms with Crippen molar-refractivity contribution < 1.29 is 19.4 Å². The number of ether oxygens (including phenoxy) is 1. The van der Waals surface area contributed by atoms with E-state index in [0.29, 0.717) is 29.2 Å². The summed E-state index contributed by atoms with van der Waals surface area (Å²) in [6.45, 7) is 1.84. The molecule has 4 N–H and O–H groups in total. The zero-order chi connectivity index (χ0) is 25.9. The number of rotatable bonds is 7. The summed E-state index contributed by atoms with van der Waals surface area (Å²) in [5.74, 6) is -0.623. The first-order valence-corrected chi connectivity index (χ1v) is 11.7. The molecule has 1 unspecified atom stereocenters. The van der Waals surface area contributed by atoms with Crippen molar-refractivity contribution in [3.63, 3.8) is 0 Å². The Kier molecular flexibility index (Phi) is 6.42. The average molecular weight is 496 g/mol. The maximum absolute atomic E-state index is 12.6. The van der Waals surface area contributed by atoms with Gasteiger partial charge in [-0.25, -0.2) is 0 Å². The van der Waals surface area contributed by atoms with Gasteiger partial charge in [0.2, 0.25) is 5.91 Å². The predicted octanol–water partition coefficient (Wildman–Crippen LogP) is 4.71. The van der Waals surface area contributed by atoms with Gasteiger partial charge < -0.3 is 20.5 Å². The number of aromatic amines is 1. The van der Waals surface area contributed by atoms with Gasteiger partial charge in [-0.15, -0.1) is 0 Å². The molecule has 37 heavy (non-hydrogen) atoms. The number of nitrogens with one attached hydrogen (secondary N) is 3. The van der Waals surface area contributed by atoms with Crippen LogP contribution in [0.4, 0.5) is 17.1 Å². The van der Waals surface area contributed by atoms with Gasteiger partial charge in [0.1, 0.15) is 5.92 Å². The second-order valence-corrected chi connectivity index (χ2v) is 8.79. The molecule has 0 saturated carbocycles. The van der Waals surface area contributed by atoms with E-state index < -0.39 is 5.92 Å². The Hall–Kier alpha value is -4.92. The molecule has 0 spiro atoms. The largest absolute Gasteiger partial charge is 0.504 e. The molecule has 2 heterocycles. The number of amides is 2. The molecule has 0 fully saturated rings. The molecule has 9 nitrogen and oxygen atoms in total. The summed E-state index contributed by atoms with van der Waals surface area (Å²) in [5, 5.41) is 22.5. The lowest BCUT2D eigenvalue weighted by molar-refractivity contribution is -0.115. The topological polar surface area (TPSA) is 129 Å². The molecule has 4 aromatic rings. The molecule has 1 aromatic heterocycles. The highest BCUT2D eigenvalue weighted by molar-refractivity contribution is 6.12. The summed E-state index contributed by atoms with van der Waals surface area (Å²) >= 11 is 0. The Bertz CT molecular complexity index is 1510. The zero-order valence-corrected chi connectivity index (χ0v) is 20.3. The fourth-order valence-electron chi connectivity index (χ4n) is 4.18. The van der Waals surface area contributed by atoms with Gasteiger partial charge in [0.15, 0.2) is 17.2 Å². The first-order valence-electron chi connectivity index (χ1n) is 11.7. The third-order valence-electron chi connectivity index (χ3n) is 6.09. The van der Waals surface area contributed by atoms with Gasteiger partial charge in [-0.2, -0.15) is 5.10 Å². The van der Waals surface area contributed by atoms with Crippen LogP contribution in [0.15, 0.2) is 71.7 Å². The minimum atomic E-state index is -0.539. The fourth-order valence-corrected chi connectivity index (χ4v) is 4.18. The number of aryl methyl sites for hydroxylation is 1. The molecule has 2 amide bonds. The van der Waals surface area contributed by atoms with E-state index in [0.717, 1.165) is 28.1 Å². The van der Waals surface area contributed by atoms with Crippen LogP contribution in [0.5, 0.6) is 11.5 Å². The second kappa shape index (κ2) is 9.98. The summed E-state index contributed by atoms with van der Waals surface area (Å²) in [4.78, 5) is 29.3. The Morgan fingerprint density at radius 1 is 1.11 bits per heavy atom. The van der Waals surface area contributed by atoms with E-state index in [1.807, 2.05) is 49.4 Å². The first-order chi connectivity index (χ1) is 17.9. The highest BCUT2D eigenvalue weighted by Crippen LogP contribution is 2.34. The highest BCUT2D eigenvalue weighted by Gasteiger charge is 2.29. The molecule has 9 heteroatoms. The van der Waals surface area contributed by atoms with Gasteiger partial charge in [-0.05, 0) is 66.4 Å². The standard InChI is InChI=1S/C28H25N5O4/c1-16-11-24(33-32-16)28(36)30-19-6-3-17(4-7-19)12-18-5-9-23-21(13-18)22(27(35)31-23)15-29-20-8-10-26(37-2)25(34)14-20/h3-11,13-15,22,34H,12H2,1-2H3,(H,30,36)(H,31,35)(H,32,33).